The number of likely N-dealkylation sites (N-methyl/N-ethyl adjacent to an activating group) is 1. The number of rotatable bonds is 2. The Balaban J connectivity index is 2.56. The number of carbonyl (C=O) groups excluding carboxylic acids is 1. The zero-order chi connectivity index (χ0) is 13.4. The van der Waals surface area contributed by atoms with Gasteiger partial charge in [-0.25, -0.2) is 4.79 Å². The average Bonchev–Trinajstić information content (AvgIpc) is 2.67. The molecule has 98 valence electrons. The molecular formula is C13H17ClN2O2. The summed E-state index contributed by atoms with van der Waals surface area (Å²) in [5.41, 5.74) is 2.94. The van der Waals surface area contributed by atoms with Crippen LogP contribution in [0, 0.1) is 13.8 Å². The van der Waals surface area contributed by atoms with Crippen molar-refractivity contribution in [2.75, 3.05) is 20.7 Å². The molecule has 0 bridgehead atoms. The van der Waals surface area contributed by atoms with Crippen molar-refractivity contribution in [1.82, 2.24) is 10.2 Å². The Kier molecular flexibility index (Phi) is 3.39. The fourth-order valence-electron chi connectivity index (χ4n) is 2.40. The summed E-state index contributed by atoms with van der Waals surface area (Å²) in [6, 6.07) is 1.81. The molecule has 1 aromatic carbocycles. The van der Waals surface area contributed by atoms with Gasteiger partial charge >= 0.3 is 6.03 Å². The van der Waals surface area contributed by atoms with Crippen molar-refractivity contribution in [3.05, 3.63) is 27.8 Å². The Bertz CT molecular complexity index is 502. The molecule has 18 heavy (non-hydrogen) atoms. The van der Waals surface area contributed by atoms with E-state index in [1.807, 2.05) is 19.9 Å². The highest BCUT2D eigenvalue weighted by Gasteiger charge is 2.32. The first-order valence-electron chi connectivity index (χ1n) is 5.81. The molecule has 1 aliphatic rings. The summed E-state index contributed by atoms with van der Waals surface area (Å²) >= 11 is 6.29. The van der Waals surface area contributed by atoms with Crippen LogP contribution in [0.15, 0.2) is 6.07 Å². The maximum Gasteiger partial charge on any atom is 0.317 e. The first-order chi connectivity index (χ1) is 8.47. The summed E-state index contributed by atoms with van der Waals surface area (Å²) in [4.78, 5) is 13.2. The van der Waals surface area contributed by atoms with E-state index in [1.54, 1.807) is 19.1 Å². The highest BCUT2D eigenvalue weighted by molar-refractivity contribution is 6.32. The lowest BCUT2D eigenvalue weighted by molar-refractivity contribution is 0.216. The standard InChI is InChI=1S/C13H17ClN2O2/c1-7-5-10(18-4)11(8(2)12(7)14)9-6-15-13(17)16(9)3/h5,9H,6H2,1-4H3,(H,15,17). The number of nitrogens with zero attached hydrogens (tertiary/aromatic N) is 1. The third-order valence-corrected chi connectivity index (χ3v) is 4.06. The van der Waals surface area contributed by atoms with Gasteiger partial charge in [0.1, 0.15) is 5.75 Å². The Morgan fingerprint density at radius 1 is 1.50 bits per heavy atom. The van der Waals surface area contributed by atoms with Gasteiger partial charge in [0.25, 0.3) is 0 Å². The molecule has 1 heterocycles. The van der Waals surface area contributed by atoms with Gasteiger partial charge in [0.2, 0.25) is 0 Å². The number of carbonyl (C=O) groups is 1. The summed E-state index contributed by atoms with van der Waals surface area (Å²) in [5.74, 6) is 0.780. The molecule has 1 N–H and O–H groups in total. The van der Waals surface area contributed by atoms with E-state index >= 15 is 0 Å². The van der Waals surface area contributed by atoms with Crippen molar-refractivity contribution < 1.29 is 9.53 Å². The fraction of sp³-hybridized carbons (Fsp3) is 0.462. The maximum atomic E-state index is 11.6. The number of urea groups is 1. The van der Waals surface area contributed by atoms with E-state index in [1.165, 1.54) is 0 Å². The van der Waals surface area contributed by atoms with Crippen LogP contribution in [-0.4, -0.2) is 31.6 Å². The highest BCUT2D eigenvalue weighted by atomic mass is 35.5. The molecule has 1 aliphatic heterocycles. The molecule has 1 aromatic rings. The van der Waals surface area contributed by atoms with E-state index in [2.05, 4.69) is 5.32 Å². The van der Waals surface area contributed by atoms with E-state index in [4.69, 9.17) is 16.3 Å². The lowest BCUT2D eigenvalue weighted by Gasteiger charge is -2.24. The minimum Gasteiger partial charge on any atom is -0.496 e. The number of methoxy groups -OCH3 is 1. The third-order valence-electron chi connectivity index (χ3n) is 3.48. The van der Waals surface area contributed by atoms with E-state index in [9.17, 15) is 4.79 Å². The van der Waals surface area contributed by atoms with Gasteiger partial charge in [-0.15, -0.1) is 0 Å². The second-order valence-corrected chi connectivity index (χ2v) is 4.94. The van der Waals surface area contributed by atoms with E-state index in [0.717, 1.165) is 27.5 Å². The van der Waals surface area contributed by atoms with Crippen LogP contribution < -0.4 is 10.1 Å². The van der Waals surface area contributed by atoms with Crippen molar-refractivity contribution in [3.8, 4) is 5.75 Å². The lowest BCUT2D eigenvalue weighted by atomic mass is 9.97. The van der Waals surface area contributed by atoms with Crippen LogP contribution in [0.5, 0.6) is 5.75 Å². The number of hydrogen-bond donors (Lipinski definition) is 1. The minimum absolute atomic E-state index is 0.0365. The second kappa shape index (κ2) is 4.69. The van der Waals surface area contributed by atoms with Crippen LogP contribution in [0.25, 0.3) is 0 Å². The topological polar surface area (TPSA) is 41.6 Å². The first kappa shape index (κ1) is 13.0. The number of amides is 2. The molecule has 4 nitrogen and oxygen atoms in total. The van der Waals surface area contributed by atoms with Crippen LogP contribution in [0.2, 0.25) is 5.02 Å². The number of benzene rings is 1. The smallest absolute Gasteiger partial charge is 0.317 e. The predicted molar refractivity (Wildman–Crippen MR) is 71.4 cm³/mol. The molecule has 0 saturated carbocycles. The highest BCUT2D eigenvalue weighted by Crippen LogP contribution is 2.38. The molecule has 2 amide bonds. The normalized spacial score (nSPS) is 19.1. The molecule has 1 atom stereocenters. The van der Waals surface area contributed by atoms with Gasteiger partial charge in [-0.05, 0) is 31.0 Å². The van der Waals surface area contributed by atoms with Gasteiger partial charge in [-0.3, -0.25) is 0 Å². The maximum absolute atomic E-state index is 11.6. The molecule has 1 unspecified atom stereocenters. The Labute approximate surface area is 112 Å². The van der Waals surface area contributed by atoms with Crippen LogP contribution in [-0.2, 0) is 0 Å². The summed E-state index contributed by atoms with van der Waals surface area (Å²) < 4.78 is 5.43. The van der Waals surface area contributed by atoms with Crippen LogP contribution in [0.3, 0.4) is 0 Å². The zero-order valence-electron chi connectivity index (χ0n) is 11.0. The van der Waals surface area contributed by atoms with Gasteiger partial charge in [0.15, 0.2) is 0 Å². The molecule has 5 heteroatoms. The van der Waals surface area contributed by atoms with Crippen molar-refractivity contribution in [3.63, 3.8) is 0 Å². The number of aryl methyl sites for hydroxylation is 1. The van der Waals surface area contributed by atoms with Gasteiger partial charge in [0, 0.05) is 24.2 Å². The van der Waals surface area contributed by atoms with Gasteiger partial charge < -0.3 is 15.0 Å². The molecule has 2 rings (SSSR count). The minimum atomic E-state index is -0.0712. The fourth-order valence-corrected chi connectivity index (χ4v) is 2.56. The van der Waals surface area contributed by atoms with Crippen molar-refractivity contribution >= 4 is 17.6 Å². The molecule has 0 aromatic heterocycles. The number of nitrogens with one attached hydrogen (secondary N) is 1. The Hall–Kier alpha value is -1.42. The number of hydrogen-bond acceptors (Lipinski definition) is 2. The van der Waals surface area contributed by atoms with E-state index in [-0.39, 0.29) is 12.1 Å². The average molecular weight is 269 g/mol. The molecule has 0 aliphatic carbocycles. The number of halogens is 1. The quantitative estimate of drug-likeness (QED) is 0.896. The summed E-state index contributed by atoms with van der Waals surface area (Å²) in [5, 5.41) is 3.55. The van der Waals surface area contributed by atoms with E-state index in [0.29, 0.717) is 6.54 Å². The second-order valence-electron chi connectivity index (χ2n) is 4.56. The van der Waals surface area contributed by atoms with Gasteiger partial charge in [0.05, 0.1) is 13.2 Å². The Morgan fingerprint density at radius 2 is 2.17 bits per heavy atom. The van der Waals surface area contributed by atoms with Gasteiger partial charge in [-0.2, -0.15) is 0 Å². The molecule has 0 spiro atoms. The molecule has 0 radical (unpaired) electrons. The largest absolute Gasteiger partial charge is 0.496 e. The van der Waals surface area contributed by atoms with Crippen LogP contribution >= 0.6 is 11.6 Å². The van der Waals surface area contributed by atoms with Crippen molar-refractivity contribution in [1.29, 1.82) is 0 Å². The lowest BCUT2D eigenvalue weighted by Crippen LogP contribution is -2.25. The SMILES string of the molecule is COc1cc(C)c(Cl)c(C)c1C1CNC(=O)N1C. The first-order valence-corrected chi connectivity index (χ1v) is 6.19. The van der Waals surface area contributed by atoms with Crippen LogP contribution in [0.1, 0.15) is 22.7 Å². The van der Waals surface area contributed by atoms with Crippen molar-refractivity contribution in [2.24, 2.45) is 0 Å². The van der Waals surface area contributed by atoms with Gasteiger partial charge in [-0.1, -0.05) is 11.6 Å². The number of ether oxygens (including phenoxy) is 1. The Morgan fingerprint density at radius 3 is 2.67 bits per heavy atom. The molecule has 1 fully saturated rings. The predicted octanol–water partition coefficient (Wildman–Crippen LogP) is 2.66. The van der Waals surface area contributed by atoms with Crippen LogP contribution in [0.4, 0.5) is 4.79 Å². The molecule has 1 saturated heterocycles. The summed E-state index contributed by atoms with van der Waals surface area (Å²) in [6.45, 7) is 4.49. The monoisotopic (exact) mass is 268 g/mol. The summed E-state index contributed by atoms with van der Waals surface area (Å²) in [6.07, 6.45) is 0. The van der Waals surface area contributed by atoms with E-state index < -0.39 is 0 Å². The zero-order valence-corrected chi connectivity index (χ0v) is 11.8. The third kappa shape index (κ3) is 1.90. The van der Waals surface area contributed by atoms with Crippen molar-refractivity contribution in [2.45, 2.75) is 19.9 Å². The molecular weight excluding hydrogens is 252 g/mol. The summed E-state index contributed by atoms with van der Waals surface area (Å²) in [7, 11) is 3.41.